The molecule has 1 spiro atoms. The fraction of sp³-hybridized carbons (Fsp3) is 0.930. The van der Waals surface area contributed by atoms with E-state index in [4.69, 9.17) is 18.9 Å². The van der Waals surface area contributed by atoms with Gasteiger partial charge >= 0.3 is 5.97 Å². The van der Waals surface area contributed by atoms with Gasteiger partial charge in [0.15, 0.2) is 6.29 Å². The molecular formula is C43H70O14. The highest BCUT2D eigenvalue weighted by molar-refractivity contribution is 5.77. The van der Waals surface area contributed by atoms with E-state index < -0.39 is 104 Å². The summed E-state index contributed by atoms with van der Waals surface area (Å²) >= 11 is 0. The van der Waals surface area contributed by atoms with Gasteiger partial charge in [0.05, 0.1) is 35.9 Å². The highest BCUT2D eigenvalue weighted by Crippen LogP contribution is 2.78. The Balaban J connectivity index is 1.08. The minimum absolute atomic E-state index is 0.0363. The summed E-state index contributed by atoms with van der Waals surface area (Å²) in [4.78, 5) is 14.0. The van der Waals surface area contributed by atoms with Crippen LogP contribution in [0.1, 0.15) is 112 Å². The van der Waals surface area contributed by atoms with Gasteiger partial charge < -0.3 is 64.9 Å². The topological polar surface area (TPSA) is 236 Å². The number of hydrogen-bond donors (Lipinski definition) is 9. The second kappa shape index (κ2) is 15.6. The summed E-state index contributed by atoms with van der Waals surface area (Å²) in [6, 6.07) is 0. The Morgan fingerprint density at radius 3 is 2.16 bits per heavy atom. The highest BCUT2D eigenvalue weighted by Gasteiger charge is 2.72. The van der Waals surface area contributed by atoms with Gasteiger partial charge in [-0.2, -0.15) is 0 Å². The van der Waals surface area contributed by atoms with Crippen molar-refractivity contribution < 1.29 is 69.7 Å². The Morgan fingerprint density at radius 2 is 1.49 bits per heavy atom. The van der Waals surface area contributed by atoms with Crippen molar-refractivity contribution in [1.29, 1.82) is 0 Å². The summed E-state index contributed by atoms with van der Waals surface area (Å²) in [6.07, 6.45) is -7.51. The van der Waals surface area contributed by atoms with Crippen LogP contribution >= 0.6 is 0 Å². The van der Waals surface area contributed by atoms with E-state index in [9.17, 15) is 50.8 Å². The van der Waals surface area contributed by atoms with Crippen molar-refractivity contribution in [1.82, 2.24) is 0 Å². The van der Waals surface area contributed by atoms with Crippen molar-refractivity contribution in [3.05, 3.63) is 12.2 Å². The molecule has 1 heterocycles. The lowest BCUT2D eigenvalue weighted by molar-refractivity contribution is -0.348. The zero-order valence-corrected chi connectivity index (χ0v) is 34.4. The molecule has 21 atom stereocenters. The third-order valence-corrected chi connectivity index (χ3v) is 17.7. The number of esters is 1. The first kappa shape index (κ1) is 43.8. The molecule has 0 unspecified atom stereocenters. The quantitative estimate of drug-likeness (QED) is 0.0912. The third-order valence-electron chi connectivity index (χ3n) is 17.7. The van der Waals surface area contributed by atoms with Crippen LogP contribution in [0.2, 0.25) is 0 Å². The predicted octanol–water partition coefficient (Wildman–Crippen LogP) is 1.47. The molecule has 14 heteroatoms. The number of carbonyl (C=O) groups is 1. The van der Waals surface area contributed by atoms with Gasteiger partial charge in [0, 0.05) is 12.5 Å². The van der Waals surface area contributed by atoms with Crippen molar-refractivity contribution in [2.75, 3.05) is 13.2 Å². The first-order chi connectivity index (χ1) is 26.7. The SMILES string of the molecule is C=C1C[C@]23CC[C@@H]4C[C@](C)(C(=O)O[C@@H]5C[C@H](CC)[C@@H](C)[C@@H](O)[C@H]5O)CC[C@@]4(C)[C@]2(C)CC[C@@]1(O[C@@H]1O[C@H](CO)[C@@H](O)[C@H](O)[C@H]1O[C@@H]1C[C@H](CO)[C@@H](O)[C@H](O)[C@H]1O)C3. The summed E-state index contributed by atoms with van der Waals surface area (Å²) in [5, 5.41) is 95.7. The number of hydrogen-bond acceptors (Lipinski definition) is 14. The highest BCUT2D eigenvalue weighted by atomic mass is 16.7. The Hall–Kier alpha value is -1.27. The van der Waals surface area contributed by atoms with Crippen LogP contribution in [0.25, 0.3) is 0 Å². The van der Waals surface area contributed by atoms with Crippen molar-refractivity contribution in [3.63, 3.8) is 0 Å². The van der Waals surface area contributed by atoms with E-state index in [0.717, 1.165) is 37.7 Å². The fourth-order valence-electron chi connectivity index (χ4n) is 13.3. The minimum atomic E-state index is -1.61. The molecule has 1 aliphatic heterocycles. The molecule has 0 aromatic carbocycles. The summed E-state index contributed by atoms with van der Waals surface area (Å²) in [5.41, 5.74) is -1.16. The molecule has 1 saturated heterocycles. The first-order valence-corrected chi connectivity index (χ1v) is 21.6. The molecule has 0 radical (unpaired) electrons. The predicted molar refractivity (Wildman–Crippen MR) is 204 cm³/mol. The van der Waals surface area contributed by atoms with Gasteiger partial charge in [-0.15, -0.1) is 0 Å². The average molecular weight is 811 g/mol. The molecule has 7 aliphatic rings. The zero-order chi connectivity index (χ0) is 41.6. The van der Waals surface area contributed by atoms with Gasteiger partial charge in [-0.3, -0.25) is 4.79 Å². The van der Waals surface area contributed by atoms with Crippen LogP contribution in [0.4, 0.5) is 0 Å². The lowest BCUT2D eigenvalue weighted by Crippen LogP contribution is -2.65. The van der Waals surface area contributed by atoms with Gasteiger partial charge in [-0.1, -0.05) is 40.7 Å². The van der Waals surface area contributed by atoms with Crippen LogP contribution in [-0.2, 0) is 23.7 Å². The van der Waals surface area contributed by atoms with Gasteiger partial charge in [-0.05, 0) is 117 Å². The van der Waals surface area contributed by atoms with Crippen LogP contribution in [-0.4, -0.2) is 144 Å². The van der Waals surface area contributed by atoms with Crippen LogP contribution < -0.4 is 0 Å². The van der Waals surface area contributed by atoms with Gasteiger partial charge in [-0.25, -0.2) is 0 Å². The zero-order valence-electron chi connectivity index (χ0n) is 34.4. The summed E-state index contributed by atoms with van der Waals surface area (Å²) in [7, 11) is 0. The average Bonchev–Trinajstić information content (AvgIpc) is 3.43. The van der Waals surface area contributed by atoms with Gasteiger partial charge in [0.25, 0.3) is 0 Å². The molecule has 7 fully saturated rings. The van der Waals surface area contributed by atoms with E-state index in [-0.39, 0.29) is 46.4 Å². The van der Waals surface area contributed by atoms with E-state index in [1.165, 1.54) is 0 Å². The fourth-order valence-corrected chi connectivity index (χ4v) is 13.3. The second-order valence-electron chi connectivity index (χ2n) is 20.3. The van der Waals surface area contributed by atoms with Crippen molar-refractivity contribution in [3.8, 4) is 0 Å². The molecule has 0 amide bonds. The third kappa shape index (κ3) is 6.79. The maximum absolute atomic E-state index is 14.0. The van der Waals surface area contributed by atoms with Crippen molar-refractivity contribution >= 4 is 5.97 Å². The molecule has 6 aliphatic carbocycles. The molecule has 7 rings (SSSR count). The normalized spacial score (nSPS) is 55.2. The Kier molecular flexibility index (Phi) is 12.0. The van der Waals surface area contributed by atoms with E-state index in [1.807, 2.05) is 13.8 Å². The van der Waals surface area contributed by atoms with E-state index in [1.54, 1.807) is 0 Å². The molecular weight excluding hydrogens is 740 g/mol. The molecule has 14 nitrogen and oxygen atoms in total. The number of rotatable bonds is 9. The molecule has 2 bridgehead atoms. The summed E-state index contributed by atoms with van der Waals surface area (Å²) < 4.78 is 25.4. The van der Waals surface area contributed by atoms with Crippen molar-refractivity contribution in [2.24, 2.45) is 45.3 Å². The van der Waals surface area contributed by atoms with E-state index in [0.29, 0.717) is 38.5 Å². The molecule has 0 aromatic rings. The lowest BCUT2D eigenvalue weighted by Gasteiger charge is -2.68. The van der Waals surface area contributed by atoms with Crippen LogP contribution in [0.3, 0.4) is 0 Å². The Labute approximate surface area is 336 Å². The smallest absolute Gasteiger partial charge is 0.312 e. The number of carbonyl (C=O) groups excluding carboxylic acids is 1. The second-order valence-corrected chi connectivity index (χ2v) is 20.3. The van der Waals surface area contributed by atoms with Gasteiger partial charge in [0.1, 0.15) is 48.8 Å². The Morgan fingerprint density at radius 1 is 0.807 bits per heavy atom. The number of aliphatic hydroxyl groups excluding tert-OH is 9. The van der Waals surface area contributed by atoms with E-state index in [2.05, 4.69) is 27.4 Å². The molecule has 6 saturated carbocycles. The minimum Gasteiger partial charge on any atom is -0.459 e. The summed E-state index contributed by atoms with van der Waals surface area (Å²) in [5.74, 6) is -0.768. The van der Waals surface area contributed by atoms with Crippen LogP contribution in [0.15, 0.2) is 12.2 Å². The standard InChI is InChI=1S/C43H70O14/c1-7-23-14-27(31(48)29(46)22(23)3)56-38(53)39(4)10-11-40(5)25(17-39)8-9-42-16-21(2)43(20-42,13-12-41(40,42)6)57-37-36(35(52)33(50)28(19-45)55-37)54-26-15-24(18-44)30(47)34(51)32(26)49/h22-37,44-52H,2,7-20H2,1,3-6H3/t22-,23+,24-,25-,26-,27-,28-,29-,30-,31+,32+,33-,34+,35+,36-,37+,39-,40-,41+,42+,43-/m1/s1. The maximum atomic E-state index is 14.0. The Bertz CT molecular complexity index is 1490. The van der Waals surface area contributed by atoms with Crippen LogP contribution in [0.5, 0.6) is 0 Å². The molecule has 57 heavy (non-hydrogen) atoms. The maximum Gasteiger partial charge on any atom is 0.312 e. The molecule has 326 valence electrons. The number of ether oxygens (including phenoxy) is 4. The number of aliphatic hydroxyl groups is 9. The molecule has 0 aromatic heterocycles. The van der Waals surface area contributed by atoms with Crippen molar-refractivity contribution in [2.45, 2.75) is 191 Å². The monoisotopic (exact) mass is 810 g/mol. The summed E-state index contributed by atoms with van der Waals surface area (Å²) in [6.45, 7) is 14.3. The van der Waals surface area contributed by atoms with Gasteiger partial charge in [0.2, 0.25) is 0 Å². The first-order valence-electron chi connectivity index (χ1n) is 21.6. The number of fused-ring (bicyclic) bond motifs is 3. The van der Waals surface area contributed by atoms with E-state index >= 15 is 0 Å². The lowest BCUT2D eigenvalue weighted by atomic mass is 9.36. The molecule has 9 N–H and O–H groups in total. The van der Waals surface area contributed by atoms with Crippen LogP contribution in [0, 0.1) is 45.3 Å². The largest absolute Gasteiger partial charge is 0.459 e.